The van der Waals surface area contributed by atoms with Gasteiger partial charge in [-0.2, -0.15) is 0 Å². The Bertz CT molecular complexity index is 121. The van der Waals surface area contributed by atoms with Gasteiger partial charge in [-0.25, -0.2) is 0 Å². The number of aliphatic hydroxyl groups is 1. The molecule has 0 aromatic carbocycles. The second-order valence-corrected chi connectivity index (χ2v) is 1.49. The van der Waals surface area contributed by atoms with Gasteiger partial charge in [0.1, 0.15) is 0 Å². The Morgan fingerprint density at radius 2 is 1.33 bits per heavy atom. The van der Waals surface area contributed by atoms with Crippen molar-refractivity contribution in [2.24, 2.45) is 0 Å². The maximum absolute atomic E-state index is 9.34. The molecule has 0 saturated carbocycles. The standard InChI is InChI=1S/C3H6O3.C2H4O2.2Ca/c1-2(4)3(5)6;1-2(3)4;;/h2,4H,1H3,(H,5,6);1H3,(H,3,4);;/q;;2*+2/p-2. The van der Waals surface area contributed by atoms with E-state index in [4.69, 9.17) is 15.0 Å². The van der Waals surface area contributed by atoms with Crippen LogP contribution in [0, 0.1) is 0 Å². The average Bonchev–Trinajstić information content (AvgIpc) is 1.63. The summed E-state index contributed by atoms with van der Waals surface area (Å²) in [7, 11) is 0. The first-order valence-electron chi connectivity index (χ1n) is 2.44. The molecule has 0 aliphatic rings. The summed E-state index contributed by atoms with van der Waals surface area (Å²) in [5, 5.41) is 26.2. The molecule has 5 nitrogen and oxygen atoms in total. The van der Waals surface area contributed by atoms with Crippen LogP contribution in [0.4, 0.5) is 0 Å². The summed E-state index contributed by atoms with van der Waals surface area (Å²) in [4.78, 5) is 18.2. The van der Waals surface area contributed by atoms with Crippen LogP contribution in [0.2, 0.25) is 0 Å². The van der Waals surface area contributed by atoms with E-state index in [2.05, 4.69) is 0 Å². The molecule has 1 atom stereocenters. The number of carbonyl (C=O) groups is 2. The van der Waals surface area contributed by atoms with Crippen molar-refractivity contribution < 1.29 is 24.9 Å². The second-order valence-electron chi connectivity index (χ2n) is 1.49. The molecule has 0 amide bonds. The van der Waals surface area contributed by atoms with Gasteiger partial charge in [-0.15, -0.1) is 0 Å². The minimum atomic E-state index is -1.44. The number of hydrogen-bond donors (Lipinski definition) is 1. The Morgan fingerprint density at radius 3 is 1.33 bits per heavy atom. The molecule has 0 heterocycles. The zero-order valence-corrected chi connectivity index (χ0v) is 11.5. The molecule has 0 aliphatic carbocycles. The van der Waals surface area contributed by atoms with Gasteiger partial charge in [-0.3, -0.25) is 0 Å². The smallest absolute Gasteiger partial charge is 0.550 e. The number of aliphatic carboxylic acids is 2. The normalized spacial score (nSPS) is 8.92. The van der Waals surface area contributed by atoms with Gasteiger partial charge in [0.05, 0.1) is 12.1 Å². The maximum Gasteiger partial charge on any atom is 2.00 e. The minimum absolute atomic E-state index is 0. The molecule has 7 heteroatoms. The van der Waals surface area contributed by atoms with Gasteiger partial charge in [-0.1, -0.05) is 0 Å². The van der Waals surface area contributed by atoms with Crippen LogP contribution < -0.4 is 10.2 Å². The molecule has 0 aliphatic heterocycles. The van der Waals surface area contributed by atoms with Crippen molar-refractivity contribution in [3.8, 4) is 0 Å². The molecule has 1 unspecified atom stereocenters. The van der Waals surface area contributed by atoms with E-state index in [-0.39, 0.29) is 75.5 Å². The van der Waals surface area contributed by atoms with Crippen molar-refractivity contribution in [3.63, 3.8) is 0 Å². The Morgan fingerprint density at radius 1 is 1.25 bits per heavy atom. The molecule has 0 spiro atoms. The number of hydrogen-bond acceptors (Lipinski definition) is 5. The van der Waals surface area contributed by atoms with E-state index in [1.807, 2.05) is 0 Å². The minimum Gasteiger partial charge on any atom is -0.550 e. The second kappa shape index (κ2) is 14.9. The topological polar surface area (TPSA) is 100 Å². The molecule has 0 bridgehead atoms. The number of carboxylic acid groups (broad SMARTS) is 2. The summed E-state index contributed by atoms with van der Waals surface area (Å²) in [6.07, 6.45) is -1.34. The van der Waals surface area contributed by atoms with Gasteiger partial charge < -0.3 is 24.9 Å². The van der Waals surface area contributed by atoms with Gasteiger partial charge >= 0.3 is 75.5 Å². The summed E-state index contributed by atoms with van der Waals surface area (Å²) in [5.74, 6) is -2.52. The van der Waals surface area contributed by atoms with Crippen molar-refractivity contribution >= 4 is 87.4 Å². The third-order valence-electron chi connectivity index (χ3n) is 0.341. The van der Waals surface area contributed by atoms with E-state index >= 15 is 0 Å². The first kappa shape index (κ1) is 23.3. The van der Waals surface area contributed by atoms with E-state index in [0.717, 1.165) is 13.8 Å². The fourth-order valence-electron chi connectivity index (χ4n) is 0. The van der Waals surface area contributed by atoms with E-state index in [1.54, 1.807) is 0 Å². The molecule has 0 rings (SSSR count). The zero-order chi connectivity index (χ0) is 8.73. The molecule has 0 fully saturated rings. The zero-order valence-electron chi connectivity index (χ0n) is 7.07. The van der Waals surface area contributed by atoms with Crippen LogP contribution in [0.3, 0.4) is 0 Å². The number of aliphatic hydroxyl groups excluding tert-OH is 1. The van der Waals surface area contributed by atoms with Crippen LogP contribution in [0.1, 0.15) is 13.8 Å². The summed E-state index contributed by atoms with van der Waals surface area (Å²) in [6, 6.07) is 0. The first-order chi connectivity index (χ1) is 4.37. The van der Waals surface area contributed by atoms with Crippen LogP contribution >= 0.6 is 0 Å². The summed E-state index contributed by atoms with van der Waals surface area (Å²) < 4.78 is 0. The summed E-state index contributed by atoms with van der Waals surface area (Å²) >= 11 is 0. The van der Waals surface area contributed by atoms with Crippen LogP contribution in [-0.4, -0.2) is 98.6 Å². The Balaban J connectivity index is -0.0000000483. The number of carboxylic acids is 2. The predicted molar refractivity (Wildman–Crippen MR) is 38.9 cm³/mol. The van der Waals surface area contributed by atoms with E-state index in [1.165, 1.54) is 0 Å². The van der Waals surface area contributed by atoms with Crippen molar-refractivity contribution in [2.45, 2.75) is 20.0 Å². The van der Waals surface area contributed by atoms with Crippen molar-refractivity contribution in [2.75, 3.05) is 0 Å². The Kier molecular flexibility index (Phi) is 29.0. The molecular weight excluding hydrogens is 220 g/mol. The molecule has 1 N–H and O–H groups in total. The largest absolute Gasteiger partial charge is 2.00 e. The fourth-order valence-corrected chi connectivity index (χ4v) is 0. The molecule has 12 heavy (non-hydrogen) atoms. The van der Waals surface area contributed by atoms with Gasteiger partial charge in [-0.05, 0) is 13.8 Å². The fraction of sp³-hybridized carbons (Fsp3) is 0.600. The Hall–Kier alpha value is 1.42. The predicted octanol–water partition coefficient (Wildman–Crippen LogP) is -3.89. The molecular formula is C5H8Ca2O5+2. The summed E-state index contributed by atoms with van der Waals surface area (Å²) in [5.41, 5.74) is 0. The van der Waals surface area contributed by atoms with Gasteiger partial charge in [0, 0.05) is 5.97 Å². The van der Waals surface area contributed by atoms with Crippen LogP contribution in [0.5, 0.6) is 0 Å². The molecule has 0 radical (unpaired) electrons. The molecule has 0 aromatic heterocycles. The van der Waals surface area contributed by atoms with E-state index in [9.17, 15) is 9.90 Å². The van der Waals surface area contributed by atoms with Crippen LogP contribution in [0.15, 0.2) is 0 Å². The van der Waals surface area contributed by atoms with E-state index < -0.39 is 18.0 Å². The third-order valence-corrected chi connectivity index (χ3v) is 0.341. The maximum atomic E-state index is 9.34. The van der Waals surface area contributed by atoms with Gasteiger partial charge in [0.25, 0.3) is 0 Å². The number of carbonyl (C=O) groups excluding carboxylic acids is 2. The molecule has 0 saturated heterocycles. The van der Waals surface area contributed by atoms with Gasteiger partial charge in [0.2, 0.25) is 0 Å². The Labute approximate surface area is 130 Å². The molecule has 0 aromatic rings. The SMILES string of the molecule is CC(=O)[O-].CC(O)C(=O)[O-].[Ca+2].[Ca+2]. The van der Waals surface area contributed by atoms with Crippen LogP contribution in [-0.2, 0) is 9.59 Å². The van der Waals surface area contributed by atoms with Crippen molar-refractivity contribution in [1.29, 1.82) is 0 Å². The monoisotopic (exact) mass is 228 g/mol. The molecule has 60 valence electrons. The van der Waals surface area contributed by atoms with Crippen molar-refractivity contribution in [1.82, 2.24) is 0 Å². The first-order valence-corrected chi connectivity index (χ1v) is 2.44. The number of rotatable bonds is 1. The van der Waals surface area contributed by atoms with E-state index in [0.29, 0.717) is 0 Å². The quantitative estimate of drug-likeness (QED) is 0.462. The van der Waals surface area contributed by atoms with Crippen molar-refractivity contribution in [3.05, 3.63) is 0 Å². The van der Waals surface area contributed by atoms with Gasteiger partial charge in [0.15, 0.2) is 0 Å². The third kappa shape index (κ3) is 42.2. The average molecular weight is 228 g/mol. The summed E-state index contributed by atoms with van der Waals surface area (Å²) in [6.45, 7) is 2.11. The van der Waals surface area contributed by atoms with Crippen LogP contribution in [0.25, 0.3) is 0 Å².